The van der Waals surface area contributed by atoms with Crippen molar-refractivity contribution in [3.63, 3.8) is 0 Å². The lowest BCUT2D eigenvalue weighted by Crippen LogP contribution is -2.47. The van der Waals surface area contributed by atoms with Gasteiger partial charge in [-0.15, -0.1) is 0 Å². The van der Waals surface area contributed by atoms with E-state index in [2.05, 4.69) is 10.9 Å². The summed E-state index contributed by atoms with van der Waals surface area (Å²) >= 11 is 0. The van der Waals surface area contributed by atoms with Crippen LogP contribution in [0.1, 0.15) is 24.8 Å². The molecule has 152 valence electrons. The van der Waals surface area contributed by atoms with Crippen LogP contribution < -0.4 is 10.9 Å². The lowest BCUT2D eigenvalue weighted by atomic mass is 10.2. The molecule has 0 spiro atoms. The van der Waals surface area contributed by atoms with Crippen LogP contribution in [0.2, 0.25) is 0 Å². The zero-order valence-electron chi connectivity index (χ0n) is 15.6. The van der Waals surface area contributed by atoms with Crippen LogP contribution in [0.5, 0.6) is 0 Å². The predicted molar refractivity (Wildman–Crippen MR) is 97.9 cm³/mol. The van der Waals surface area contributed by atoms with Gasteiger partial charge in [0.05, 0.1) is 11.4 Å². The highest BCUT2D eigenvalue weighted by Crippen LogP contribution is 2.14. The number of likely N-dealkylation sites (tertiary alicyclic amines) is 1. The van der Waals surface area contributed by atoms with Crippen LogP contribution in [-0.4, -0.2) is 61.4 Å². The van der Waals surface area contributed by atoms with Gasteiger partial charge >= 0.3 is 0 Å². The van der Waals surface area contributed by atoms with Gasteiger partial charge in [-0.25, -0.2) is 8.42 Å². The van der Waals surface area contributed by atoms with Gasteiger partial charge in [-0.05, 0) is 19.1 Å². The molecule has 0 bridgehead atoms. The first-order valence-electron chi connectivity index (χ1n) is 8.55. The molecular formula is C17H22N4O6S. The van der Waals surface area contributed by atoms with E-state index >= 15 is 0 Å². The van der Waals surface area contributed by atoms with Crippen LogP contribution in [0.3, 0.4) is 0 Å². The average Bonchev–Trinajstić information content (AvgIpc) is 2.96. The summed E-state index contributed by atoms with van der Waals surface area (Å²) in [6, 6.07) is 6.19. The number of rotatable bonds is 7. The smallest absolute Gasteiger partial charge is 0.253 e. The molecule has 1 aromatic carbocycles. The maximum Gasteiger partial charge on any atom is 0.253 e. The third-order valence-electron chi connectivity index (χ3n) is 4.15. The van der Waals surface area contributed by atoms with Crippen molar-refractivity contribution in [3.8, 4) is 0 Å². The number of likely N-dealkylation sites (N-methyl/N-ethyl adjacent to an activating group) is 1. The van der Waals surface area contributed by atoms with Gasteiger partial charge in [0.1, 0.15) is 0 Å². The molecule has 2 rings (SSSR count). The Kier molecular flexibility index (Phi) is 6.86. The molecule has 0 aromatic heterocycles. The maximum atomic E-state index is 12.4. The van der Waals surface area contributed by atoms with Gasteiger partial charge in [0.2, 0.25) is 27.7 Å². The molecule has 0 radical (unpaired) electrons. The average molecular weight is 410 g/mol. The number of nitrogens with zero attached hydrogens (tertiary/aromatic N) is 2. The summed E-state index contributed by atoms with van der Waals surface area (Å²) in [7, 11) is -2.59. The van der Waals surface area contributed by atoms with Crippen molar-refractivity contribution in [2.24, 2.45) is 0 Å². The van der Waals surface area contributed by atoms with Crippen LogP contribution in [0.4, 0.5) is 0 Å². The zero-order chi connectivity index (χ0) is 20.9. The van der Waals surface area contributed by atoms with E-state index in [9.17, 15) is 27.6 Å². The van der Waals surface area contributed by atoms with Crippen LogP contribution in [-0.2, 0) is 29.2 Å². The van der Waals surface area contributed by atoms with E-state index in [0.717, 1.165) is 14.8 Å². The standard InChI is InChI=1S/C17H22N4O6S/c1-12-3-5-13(6-4-12)28(26,27)20(2)11-15(23)19-18-14(22)9-10-21-16(24)7-8-17(21)25/h3-6H,7-11H2,1-2H3,(H,18,22)(H,19,23). The third-order valence-corrected chi connectivity index (χ3v) is 5.97. The molecule has 1 saturated heterocycles. The van der Waals surface area contributed by atoms with Crippen molar-refractivity contribution in [3.05, 3.63) is 29.8 Å². The molecule has 1 fully saturated rings. The fourth-order valence-electron chi connectivity index (χ4n) is 2.50. The van der Waals surface area contributed by atoms with E-state index < -0.39 is 28.4 Å². The van der Waals surface area contributed by atoms with Gasteiger partial charge in [0.15, 0.2) is 0 Å². The van der Waals surface area contributed by atoms with Crippen LogP contribution in [0, 0.1) is 6.92 Å². The summed E-state index contributed by atoms with van der Waals surface area (Å²) in [6.45, 7) is 1.26. The first kappa shape index (κ1) is 21.5. The van der Waals surface area contributed by atoms with Gasteiger partial charge in [0.25, 0.3) is 5.91 Å². The number of nitrogens with one attached hydrogen (secondary N) is 2. The van der Waals surface area contributed by atoms with Gasteiger partial charge in [-0.1, -0.05) is 17.7 Å². The van der Waals surface area contributed by atoms with Crippen molar-refractivity contribution in [1.82, 2.24) is 20.1 Å². The molecular weight excluding hydrogens is 388 g/mol. The fraction of sp³-hybridized carbons (Fsp3) is 0.412. The first-order chi connectivity index (χ1) is 13.1. The first-order valence-corrected chi connectivity index (χ1v) is 9.99. The Balaban J connectivity index is 1.79. The van der Waals surface area contributed by atoms with Crippen LogP contribution in [0.25, 0.3) is 0 Å². The second-order valence-electron chi connectivity index (χ2n) is 6.36. The summed E-state index contributed by atoms with van der Waals surface area (Å²) in [5.74, 6) is -2.00. The number of carbonyl (C=O) groups is 4. The molecule has 1 aromatic rings. The molecule has 0 unspecified atom stereocenters. The lowest BCUT2D eigenvalue weighted by molar-refractivity contribution is -0.139. The van der Waals surface area contributed by atoms with Gasteiger partial charge in [-0.2, -0.15) is 4.31 Å². The predicted octanol–water partition coefficient (Wildman–Crippen LogP) is -0.698. The summed E-state index contributed by atoms with van der Waals surface area (Å²) in [5.41, 5.74) is 5.14. The molecule has 28 heavy (non-hydrogen) atoms. The number of hydrazine groups is 1. The summed E-state index contributed by atoms with van der Waals surface area (Å²) < 4.78 is 25.7. The normalized spacial score (nSPS) is 14.5. The van der Waals surface area contributed by atoms with Gasteiger partial charge < -0.3 is 0 Å². The second kappa shape index (κ2) is 8.93. The monoisotopic (exact) mass is 410 g/mol. The minimum absolute atomic E-state index is 0.0531. The highest BCUT2D eigenvalue weighted by molar-refractivity contribution is 7.89. The molecule has 2 N–H and O–H groups in total. The van der Waals surface area contributed by atoms with Crippen LogP contribution >= 0.6 is 0 Å². The van der Waals surface area contributed by atoms with E-state index in [1.54, 1.807) is 12.1 Å². The number of aryl methyl sites for hydroxylation is 1. The van der Waals surface area contributed by atoms with E-state index in [1.165, 1.54) is 19.2 Å². The Morgan fingerprint density at radius 2 is 1.57 bits per heavy atom. The molecule has 0 aliphatic carbocycles. The molecule has 0 atom stereocenters. The molecule has 11 heteroatoms. The molecule has 1 aliphatic heterocycles. The van der Waals surface area contributed by atoms with E-state index in [1.807, 2.05) is 6.92 Å². The Morgan fingerprint density at radius 1 is 1.04 bits per heavy atom. The highest BCUT2D eigenvalue weighted by atomic mass is 32.2. The highest BCUT2D eigenvalue weighted by Gasteiger charge is 2.29. The van der Waals surface area contributed by atoms with Gasteiger partial charge in [-0.3, -0.25) is 34.9 Å². The minimum atomic E-state index is -3.84. The lowest BCUT2D eigenvalue weighted by Gasteiger charge is -2.17. The number of carbonyl (C=O) groups excluding carboxylic acids is 4. The van der Waals surface area contributed by atoms with Gasteiger partial charge in [0, 0.05) is 32.9 Å². The Labute approximate surface area is 162 Å². The molecule has 1 heterocycles. The molecule has 4 amide bonds. The number of sulfonamides is 1. The largest absolute Gasteiger partial charge is 0.282 e. The summed E-state index contributed by atoms with van der Waals surface area (Å²) in [5, 5.41) is 0. The molecule has 0 saturated carbocycles. The zero-order valence-corrected chi connectivity index (χ0v) is 16.4. The van der Waals surface area contributed by atoms with Crippen molar-refractivity contribution in [2.75, 3.05) is 20.1 Å². The quantitative estimate of drug-likeness (QED) is 0.451. The Bertz CT molecular complexity index is 865. The topological polar surface area (TPSA) is 133 Å². The third kappa shape index (κ3) is 5.36. The van der Waals surface area contributed by atoms with Crippen molar-refractivity contribution in [1.29, 1.82) is 0 Å². The van der Waals surface area contributed by atoms with Crippen molar-refractivity contribution in [2.45, 2.75) is 31.1 Å². The molecule has 10 nitrogen and oxygen atoms in total. The minimum Gasteiger partial charge on any atom is -0.282 e. The maximum absolute atomic E-state index is 12.4. The SMILES string of the molecule is Cc1ccc(S(=O)(=O)N(C)CC(=O)NNC(=O)CCN2C(=O)CCC2=O)cc1. The summed E-state index contributed by atoms with van der Waals surface area (Å²) in [6.07, 6.45) is 0.104. The number of amides is 4. The summed E-state index contributed by atoms with van der Waals surface area (Å²) in [4.78, 5) is 47.6. The van der Waals surface area contributed by atoms with E-state index in [0.29, 0.717) is 0 Å². The van der Waals surface area contributed by atoms with Crippen molar-refractivity contribution >= 4 is 33.7 Å². The van der Waals surface area contributed by atoms with Crippen molar-refractivity contribution < 1.29 is 27.6 Å². The second-order valence-corrected chi connectivity index (χ2v) is 8.40. The number of hydrogen-bond donors (Lipinski definition) is 2. The number of benzene rings is 1. The number of imide groups is 1. The van der Waals surface area contributed by atoms with E-state index in [4.69, 9.17) is 0 Å². The van der Waals surface area contributed by atoms with Crippen LogP contribution in [0.15, 0.2) is 29.2 Å². The Hall–Kier alpha value is -2.79. The van der Waals surface area contributed by atoms with E-state index in [-0.39, 0.29) is 42.5 Å². The Morgan fingerprint density at radius 3 is 2.14 bits per heavy atom. The number of hydrogen-bond acceptors (Lipinski definition) is 6. The fourth-order valence-corrected chi connectivity index (χ4v) is 3.63. The molecule has 1 aliphatic rings.